The average Bonchev–Trinajstić information content (AvgIpc) is 2.83. The Morgan fingerprint density at radius 1 is 1.09 bits per heavy atom. The van der Waals surface area contributed by atoms with Crippen LogP contribution in [-0.2, 0) is 16.4 Å². The molecule has 0 bridgehead atoms. The number of H-pyrrole nitrogens is 1. The molecule has 0 aliphatic rings. The van der Waals surface area contributed by atoms with Crippen molar-refractivity contribution in [1.29, 1.82) is 0 Å². The van der Waals surface area contributed by atoms with Gasteiger partial charge in [0.25, 0.3) is 11.5 Å². The van der Waals surface area contributed by atoms with E-state index in [1.165, 1.54) is 35.7 Å². The van der Waals surface area contributed by atoms with Gasteiger partial charge >= 0.3 is 0 Å². The number of aryl methyl sites for hydroxylation is 1. The largest absolute Gasteiger partial charge is 0.495 e. The van der Waals surface area contributed by atoms with Crippen molar-refractivity contribution in [3.8, 4) is 17.1 Å². The molecular formula is C24H28N4O5S. The van der Waals surface area contributed by atoms with Gasteiger partial charge in [0.2, 0.25) is 10.0 Å². The lowest BCUT2D eigenvalue weighted by atomic mass is 10.1. The molecule has 2 aromatic carbocycles. The molecule has 10 heteroatoms. The normalized spacial score (nSPS) is 11.4. The Labute approximate surface area is 198 Å². The fourth-order valence-corrected chi connectivity index (χ4v) is 5.13. The zero-order valence-electron chi connectivity index (χ0n) is 19.6. The summed E-state index contributed by atoms with van der Waals surface area (Å²) in [7, 11) is -2.46. The molecular weight excluding hydrogens is 456 g/mol. The minimum Gasteiger partial charge on any atom is -0.495 e. The van der Waals surface area contributed by atoms with Crippen LogP contribution >= 0.6 is 0 Å². The van der Waals surface area contributed by atoms with E-state index in [-0.39, 0.29) is 21.8 Å². The van der Waals surface area contributed by atoms with Crippen molar-refractivity contribution in [2.75, 3.05) is 25.5 Å². The van der Waals surface area contributed by atoms with Crippen LogP contribution in [0.25, 0.3) is 11.4 Å². The third kappa shape index (κ3) is 5.35. The highest BCUT2D eigenvalue weighted by Gasteiger charge is 2.27. The van der Waals surface area contributed by atoms with Crippen LogP contribution in [0.3, 0.4) is 0 Å². The second-order valence-electron chi connectivity index (χ2n) is 7.43. The van der Waals surface area contributed by atoms with Crippen LogP contribution in [-0.4, -0.2) is 48.8 Å². The molecule has 1 amide bonds. The van der Waals surface area contributed by atoms with Crippen LogP contribution in [0.5, 0.6) is 5.75 Å². The van der Waals surface area contributed by atoms with Crippen LogP contribution in [0.2, 0.25) is 0 Å². The van der Waals surface area contributed by atoms with Gasteiger partial charge in [-0.05, 0) is 36.8 Å². The number of aromatic amines is 1. The Morgan fingerprint density at radius 3 is 2.47 bits per heavy atom. The topological polar surface area (TPSA) is 121 Å². The number of aromatic nitrogens is 2. The average molecular weight is 485 g/mol. The molecule has 0 unspecified atom stereocenters. The third-order valence-corrected chi connectivity index (χ3v) is 7.37. The maximum atomic E-state index is 13.1. The lowest BCUT2D eigenvalue weighted by Crippen LogP contribution is -2.31. The molecule has 3 aromatic rings. The lowest BCUT2D eigenvalue weighted by molar-refractivity contribution is 0.102. The Balaban J connectivity index is 1.93. The molecule has 9 nitrogen and oxygen atoms in total. The van der Waals surface area contributed by atoms with Gasteiger partial charge in [0.15, 0.2) is 0 Å². The van der Waals surface area contributed by atoms with Crippen molar-refractivity contribution in [3.63, 3.8) is 0 Å². The lowest BCUT2D eigenvalue weighted by Gasteiger charge is -2.20. The number of nitrogens with one attached hydrogen (secondary N) is 2. The maximum absolute atomic E-state index is 13.1. The van der Waals surface area contributed by atoms with Crippen LogP contribution in [0.4, 0.5) is 5.69 Å². The fraction of sp³-hybridized carbons (Fsp3) is 0.292. The van der Waals surface area contributed by atoms with Crippen molar-refractivity contribution in [1.82, 2.24) is 14.3 Å². The molecule has 3 rings (SSSR count). The molecule has 0 atom stereocenters. The van der Waals surface area contributed by atoms with Gasteiger partial charge in [-0.1, -0.05) is 32.9 Å². The summed E-state index contributed by atoms with van der Waals surface area (Å²) in [6.07, 6.45) is 0.615. The number of benzene rings is 2. The molecule has 0 fully saturated rings. The Kier molecular flexibility index (Phi) is 7.85. The maximum Gasteiger partial charge on any atom is 0.255 e. The van der Waals surface area contributed by atoms with Gasteiger partial charge in [-0.3, -0.25) is 9.59 Å². The molecule has 0 saturated heterocycles. The highest BCUT2D eigenvalue weighted by atomic mass is 32.2. The molecule has 0 spiro atoms. The summed E-state index contributed by atoms with van der Waals surface area (Å²) in [5, 5.41) is 2.78. The fourth-order valence-electron chi connectivity index (χ4n) is 3.50. The van der Waals surface area contributed by atoms with Gasteiger partial charge in [-0.25, -0.2) is 13.4 Å². The zero-order valence-corrected chi connectivity index (χ0v) is 20.4. The summed E-state index contributed by atoms with van der Waals surface area (Å²) in [4.78, 5) is 32.0. The van der Waals surface area contributed by atoms with E-state index in [1.807, 2.05) is 6.92 Å². The summed E-state index contributed by atoms with van der Waals surface area (Å²) in [5.74, 6) is 0.0772. The van der Waals surface area contributed by atoms with Crippen molar-refractivity contribution in [2.45, 2.75) is 32.1 Å². The monoisotopic (exact) mass is 484 g/mol. The molecule has 180 valence electrons. The molecule has 2 N–H and O–H groups in total. The smallest absolute Gasteiger partial charge is 0.255 e. The Morgan fingerprint density at radius 2 is 1.82 bits per heavy atom. The van der Waals surface area contributed by atoms with Crippen molar-refractivity contribution in [3.05, 3.63) is 70.1 Å². The molecule has 0 saturated carbocycles. The van der Waals surface area contributed by atoms with Gasteiger partial charge in [0, 0.05) is 41.7 Å². The van der Waals surface area contributed by atoms with Crippen molar-refractivity contribution < 1.29 is 17.9 Å². The zero-order chi connectivity index (χ0) is 24.9. The van der Waals surface area contributed by atoms with Crippen molar-refractivity contribution in [2.24, 2.45) is 0 Å². The van der Waals surface area contributed by atoms with Gasteiger partial charge in [-0.15, -0.1) is 0 Å². The summed E-state index contributed by atoms with van der Waals surface area (Å²) >= 11 is 0. The van der Waals surface area contributed by atoms with E-state index in [0.717, 1.165) is 0 Å². The Bertz CT molecular complexity index is 1350. The van der Waals surface area contributed by atoms with Crippen LogP contribution in [0.1, 0.15) is 36.8 Å². The van der Waals surface area contributed by atoms with E-state index in [0.29, 0.717) is 42.3 Å². The first-order valence-corrected chi connectivity index (χ1v) is 12.4. The SMILES string of the molecule is CCc1cc(=O)[nH]c(-c2cccc(NC(=O)c3ccc(OC)c(S(=O)(=O)N(CC)CC)c3)c2)n1. The molecule has 0 radical (unpaired) electrons. The van der Waals surface area contributed by atoms with E-state index >= 15 is 0 Å². The molecule has 1 aromatic heterocycles. The van der Waals surface area contributed by atoms with Gasteiger partial charge < -0.3 is 15.0 Å². The van der Waals surface area contributed by atoms with Crippen LogP contribution < -0.4 is 15.6 Å². The number of carbonyl (C=O) groups excluding carboxylic acids is 1. The Hall–Kier alpha value is -3.50. The van der Waals surface area contributed by atoms with Crippen molar-refractivity contribution >= 4 is 21.6 Å². The molecule has 1 heterocycles. The summed E-state index contributed by atoms with van der Waals surface area (Å²) in [6.45, 7) is 5.98. The number of ether oxygens (including phenoxy) is 1. The number of rotatable bonds is 9. The number of hydrogen-bond donors (Lipinski definition) is 2. The predicted octanol–water partition coefficient (Wildman–Crippen LogP) is 3.29. The number of methoxy groups -OCH3 is 1. The summed E-state index contributed by atoms with van der Waals surface area (Å²) in [6, 6.07) is 12.6. The number of carbonyl (C=O) groups is 1. The number of hydrogen-bond acceptors (Lipinski definition) is 6. The number of amides is 1. The quantitative estimate of drug-likeness (QED) is 0.481. The molecule has 0 aliphatic carbocycles. The van der Waals surface area contributed by atoms with Gasteiger partial charge in [0.1, 0.15) is 16.5 Å². The van der Waals surface area contributed by atoms with Gasteiger partial charge in [-0.2, -0.15) is 4.31 Å². The number of sulfonamides is 1. The highest BCUT2D eigenvalue weighted by molar-refractivity contribution is 7.89. The number of anilines is 1. The first kappa shape index (κ1) is 25.1. The van der Waals surface area contributed by atoms with E-state index in [9.17, 15) is 18.0 Å². The standard InChI is InChI=1S/C24H28N4O5S/c1-5-18-15-22(29)27-23(25-18)16-9-8-10-19(13-16)26-24(30)17-11-12-20(33-4)21(14-17)34(31,32)28(6-2)7-3/h8-15H,5-7H2,1-4H3,(H,26,30)(H,25,27,29). The van der Waals surface area contributed by atoms with Crippen LogP contribution in [0, 0.1) is 0 Å². The van der Waals surface area contributed by atoms with E-state index in [2.05, 4.69) is 15.3 Å². The van der Waals surface area contributed by atoms with E-state index in [1.54, 1.807) is 38.1 Å². The third-order valence-electron chi connectivity index (χ3n) is 5.30. The van der Waals surface area contributed by atoms with Gasteiger partial charge in [0.05, 0.1) is 7.11 Å². The van der Waals surface area contributed by atoms with E-state index in [4.69, 9.17) is 4.74 Å². The minimum atomic E-state index is -3.84. The first-order valence-electron chi connectivity index (χ1n) is 10.9. The predicted molar refractivity (Wildman–Crippen MR) is 131 cm³/mol. The number of nitrogens with zero attached hydrogens (tertiary/aromatic N) is 2. The molecule has 0 aliphatic heterocycles. The second-order valence-corrected chi connectivity index (χ2v) is 9.34. The summed E-state index contributed by atoms with van der Waals surface area (Å²) in [5.41, 5.74) is 1.67. The van der Waals surface area contributed by atoms with Crippen LogP contribution in [0.15, 0.2) is 58.2 Å². The minimum absolute atomic E-state index is 0.0711. The van der Waals surface area contributed by atoms with E-state index < -0.39 is 15.9 Å². The first-order chi connectivity index (χ1) is 16.2. The summed E-state index contributed by atoms with van der Waals surface area (Å²) < 4.78 is 32.7. The second kappa shape index (κ2) is 10.6. The highest BCUT2D eigenvalue weighted by Crippen LogP contribution is 2.28. The molecule has 34 heavy (non-hydrogen) atoms.